The molecule has 1 saturated heterocycles. The van der Waals surface area contributed by atoms with Gasteiger partial charge in [0.2, 0.25) is 10.8 Å². The summed E-state index contributed by atoms with van der Waals surface area (Å²) in [6, 6.07) is 3.74. The lowest BCUT2D eigenvalue weighted by atomic mass is 10.1. The third-order valence-corrected chi connectivity index (χ3v) is 5.19. The van der Waals surface area contributed by atoms with E-state index in [0.717, 1.165) is 36.8 Å². The van der Waals surface area contributed by atoms with Gasteiger partial charge in [0.05, 0.1) is 11.1 Å². The standard InChI is InChI=1S/C14H17N5O2S/c1-17-4-6-18(7-5-17)11(10-3-2-8-21-10)12-13(20)19-14(22-12)15-9-16-19/h2-3,8-9,11,20H,4-7H2,1H3. The van der Waals surface area contributed by atoms with E-state index < -0.39 is 0 Å². The molecule has 3 aromatic heterocycles. The minimum Gasteiger partial charge on any atom is -0.492 e. The number of likely N-dealkylation sites (N-methyl/N-ethyl adjacent to an activating group) is 1. The van der Waals surface area contributed by atoms with Crippen molar-refractivity contribution in [2.24, 2.45) is 0 Å². The Bertz CT molecular complexity index is 757. The normalized spacial score (nSPS) is 19.0. The summed E-state index contributed by atoms with van der Waals surface area (Å²) in [7, 11) is 2.12. The van der Waals surface area contributed by atoms with Gasteiger partial charge in [-0.3, -0.25) is 4.90 Å². The molecule has 0 amide bonds. The fourth-order valence-corrected chi connectivity index (χ4v) is 3.95. The Kier molecular flexibility index (Phi) is 3.36. The Morgan fingerprint density at radius 3 is 2.82 bits per heavy atom. The van der Waals surface area contributed by atoms with E-state index in [0.29, 0.717) is 4.96 Å². The first-order chi connectivity index (χ1) is 10.7. The number of thiazole rings is 1. The summed E-state index contributed by atoms with van der Waals surface area (Å²) in [6.07, 6.45) is 3.12. The first-order valence-corrected chi connectivity index (χ1v) is 8.03. The van der Waals surface area contributed by atoms with E-state index in [9.17, 15) is 5.11 Å². The molecule has 22 heavy (non-hydrogen) atoms. The third kappa shape index (κ3) is 2.20. The molecule has 0 spiro atoms. The van der Waals surface area contributed by atoms with Gasteiger partial charge in [-0.1, -0.05) is 11.3 Å². The molecule has 1 aliphatic heterocycles. The van der Waals surface area contributed by atoms with Crippen LogP contribution in [0.2, 0.25) is 0 Å². The lowest BCUT2D eigenvalue weighted by Crippen LogP contribution is -2.46. The molecular formula is C14H17N5O2S. The van der Waals surface area contributed by atoms with Crippen molar-refractivity contribution in [2.45, 2.75) is 6.04 Å². The molecule has 0 radical (unpaired) electrons. The molecule has 1 aliphatic rings. The smallest absolute Gasteiger partial charge is 0.230 e. The lowest BCUT2D eigenvalue weighted by Gasteiger charge is -2.36. The van der Waals surface area contributed by atoms with E-state index in [1.807, 2.05) is 12.1 Å². The number of piperazine rings is 1. The van der Waals surface area contributed by atoms with Crippen molar-refractivity contribution < 1.29 is 9.52 Å². The molecule has 7 nitrogen and oxygen atoms in total. The number of aromatic nitrogens is 3. The maximum absolute atomic E-state index is 10.5. The summed E-state index contributed by atoms with van der Waals surface area (Å²) in [5.74, 6) is 0.988. The number of hydrogen-bond donors (Lipinski definition) is 1. The van der Waals surface area contributed by atoms with Crippen molar-refractivity contribution in [3.05, 3.63) is 35.4 Å². The fourth-order valence-electron chi connectivity index (χ4n) is 2.87. The number of hydrogen-bond acceptors (Lipinski definition) is 7. The summed E-state index contributed by atoms with van der Waals surface area (Å²) in [6.45, 7) is 3.85. The van der Waals surface area contributed by atoms with Gasteiger partial charge in [-0.15, -0.1) is 0 Å². The Hall–Kier alpha value is -1.90. The van der Waals surface area contributed by atoms with E-state index >= 15 is 0 Å². The van der Waals surface area contributed by atoms with E-state index in [1.54, 1.807) is 6.26 Å². The molecule has 4 rings (SSSR count). The van der Waals surface area contributed by atoms with Crippen LogP contribution in [0.1, 0.15) is 16.7 Å². The van der Waals surface area contributed by atoms with Gasteiger partial charge in [0, 0.05) is 26.2 Å². The molecule has 0 saturated carbocycles. The molecule has 1 fully saturated rings. The van der Waals surface area contributed by atoms with Crippen LogP contribution < -0.4 is 0 Å². The first kappa shape index (κ1) is 13.7. The average molecular weight is 319 g/mol. The summed E-state index contributed by atoms with van der Waals surface area (Å²) in [5.41, 5.74) is 0. The van der Waals surface area contributed by atoms with Crippen LogP contribution >= 0.6 is 11.3 Å². The first-order valence-electron chi connectivity index (χ1n) is 7.21. The van der Waals surface area contributed by atoms with Crippen LogP contribution in [-0.2, 0) is 0 Å². The van der Waals surface area contributed by atoms with E-state index in [4.69, 9.17) is 4.42 Å². The van der Waals surface area contributed by atoms with Crippen LogP contribution in [0.25, 0.3) is 4.96 Å². The molecule has 1 N–H and O–H groups in total. The van der Waals surface area contributed by atoms with Gasteiger partial charge < -0.3 is 14.4 Å². The highest BCUT2D eigenvalue weighted by Crippen LogP contribution is 2.39. The molecule has 8 heteroatoms. The Morgan fingerprint density at radius 1 is 1.32 bits per heavy atom. The predicted molar refractivity (Wildman–Crippen MR) is 82.1 cm³/mol. The highest BCUT2D eigenvalue weighted by molar-refractivity contribution is 7.17. The monoisotopic (exact) mass is 319 g/mol. The fraction of sp³-hybridized carbons (Fsp3) is 0.429. The van der Waals surface area contributed by atoms with Crippen molar-refractivity contribution in [2.75, 3.05) is 33.2 Å². The average Bonchev–Trinajstić information content (AvgIpc) is 3.23. The largest absolute Gasteiger partial charge is 0.492 e. The van der Waals surface area contributed by atoms with Gasteiger partial charge in [-0.25, -0.2) is 4.98 Å². The number of nitrogens with zero attached hydrogens (tertiary/aromatic N) is 5. The highest BCUT2D eigenvalue weighted by atomic mass is 32.1. The molecule has 116 valence electrons. The summed E-state index contributed by atoms with van der Waals surface area (Å²) in [5, 5.41) is 14.6. The maximum atomic E-state index is 10.5. The Morgan fingerprint density at radius 2 is 2.14 bits per heavy atom. The Balaban J connectivity index is 1.77. The van der Waals surface area contributed by atoms with Crippen molar-refractivity contribution in [3.8, 4) is 5.88 Å². The van der Waals surface area contributed by atoms with E-state index in [1.165, 1.54) is 22.2 Å². The van der Waals surface area contributed by atoms with Gasteiger partial charge in [0.15, 0.2) is 0 Å². The number of furan rings is 1. The van der Waals surface area contributed by atoms with Crippen molar-refractivity contribution >= 4 is 16.3 Å². The minimum absolute atomic E-state index is 0.0998. The summed E-state index contributed by atoms with van der Waals surface area (Å²) >= 11 is 1.46. The molecule has 1 unspecified atom stereocenters. The van der Waals surface area contributed by atoms with E-state index in [-0.39, 0.29) is 11.9 Å². The zero-order valence-corrected chi connectivity index (χ0v) is 13.0. The summed E-state index contributed by atoms with van der Waals surface area (Å²) in [4.78, 5) is 10.3. The zero-order valence-electron chi connectivity index (χ0n) is 12.2. The molecule has 4 heterocycles. The van der Waals surface area contributed by atoms with Crippen LogP contribution in [0, 0.1) is 0 Å². The van der Waals surface area contributed by atoms with E-state index in [2.05, 4.69) is 26.9 Å². The molecule has 0 aliphatic carbocycles. The topological polar surface area (TPSA) is 70.0 Å². The zero-order chi connectivity index (χ0) is 15.1. The second-order valence-electron chi connectivity index (χ2n) is 5.50. The van der Waals surface area contributed by atoms with Gasteiger partial charge in [0.25, 0.3) is 0 Å². The second kappa shape index (κ2) is 5.38. The van der Waals surface area contributed by atoms with Crippen molar-refractivity contribution in [3.63, 3.8) is 0 Å². The molecule has 0 bridgehead atoms. The quantitative estimate of drug-likeness (QED) is 0.787. The molecular weight excluding hydrogens is 302 g/mol. The summed E-state index contributed by atoms with van der Waals surface area (Å²) < 4.78 is 7.13. The second-order valence-corrected chi connectivity index (χ2v) is 6.51. The van der Waals surface area contributed by atoms with Gasteiger partial charge in [-0.05, 0) is 19.2 Å². The lowest BCUT2D eigenvalue weighted by molar-refractivity contribution is 0.117. The van der Waals surface area contributed by atoms with Crippen LogP contribution in [0.4, 0.5) is 0 Å². The number of fused-ring (bicyclic) bond motifs is 1. The van der Waals surface area contributed by atoms with Crippen molar-refractivity contribution in [1.29, 1.82) is 0 Å². The van der Waals surface area contributed by atoms with Crippen LogP contribution in [0.3, 0.4) is 0 Å². The van der Waals surface area contributed by atoms with Gasteiger partial charge in [0.1, 0.15) is 18.1 Å². The van der Waals surface area contributed by atoms with Gasteiger partial charge in [-0.2, -0.15) is 9.61 Å². The SMILES string of the molecule is CN1CCN(C(c2ccco2)c2sc3ncnn3c2O)CC1. The van der Waals surface area contributed by atoms with Crippen LogP contribution in [-0.4, -0.2) is 62.7 Å². The maximum Gasteiger partial charge on any atom is 0.230 e. The van der Waals surface area contributed by atoms with Crippen LogP contribution in [0.5, 0.6) is 5.88 Å². The van der Waals surface area contributed by atoms with Gasteiger partial charge >= 0.3 is 0 Å². The van der Waals surface area contributed by atoms with Crippen LogP contribution in [0.15, 0.2) is 29.1 Å². The molecule has 0 aromatic carbocycles. The highest BCUT2D eigenvalue weighted by Gasteiger charge is 2.32. The number of rotatable bonds is 3. The minimum atomic E-state index is -0.0998. The predicted octanol–water partition coefficient (Wildman–Crippen LogP) is 1.43. The Labute approximate surface area is 131 Å². The molecule has 1 atom stereocenters. The third-order valence-electron chi connectivity index (χ3n) is 4.10. The van der Waals surface area contributed by atoms with Crippen molar-refractivity contribution in [1.82, 2.24) is 24.4 Å². The number of aromatic hydroxyl groups is 1. The molecule has 3 aromatic rings.